The number of rotatable bonds is 15. The van der Waals surface area contributed by atoms with Crippen molar-refractivity contribution < 1.29 is 31.5 Å². The summed E-state index contributed by atoms with van der Waals surface area (Å²) >= 11 is 12.7. The minimum atomic E-state index is -4.22. The molecule has 1 aliphatic carbocycles. The predicted molar refractivity (Wildman–Crippen MR) is 239 cm³/mol. The predicted octanol–water partition coefficient (Wildman–Crippen LogP) is 9.47. The number of H-pyrrole nitrogens is 1. The molecule has 2 saturated heterocycles. The maximum Gasteiger partial charge on any atom is 0.251 e. The topological polar surface area (TPSA) is 121 Å². The van der Waals surface area contributed by atoms with Crippen molar-refractivity contribution >= 4 is 61.0 Å². The number of likely N-dealkylation sites (tertiary alicyclic amines) is 1. The number of hydrogen-bond donors (Lipinski definition) is 1. The summed E-state index contributed by atoms with van der Waals surface area (Å²) in [5.41, 5.74) is 6.07. The Morgan fingerprint density at radius 2 is 1.76 bits per heavy atom. The number of Topliss-reactive ketones (excluding diaryl/α,β-unsaturated/α-hetero) is 1. The Morgan fingerprint density at radius 3 is 2.52 bits per heavy atom. The first-order chi connectivity index (χ1) is 29.7. The van der Waals surface area contributed by atoms with Gasteiger partial charge in [0.2, 0.25) is 5.88 Å². The summed E-state index contributed by atoms with van der Waals surface area (Å²) in [6.45, 7) is 9.65. The van der Waals surface area contributed by atoms with Crippen molar-refractivity contribution in [2.24, 2.45) is 11.3 Å². The van der Waals surface area contributed by atoms with E-state index in [2.05, 4.69) is 51.0 Å². The number of carbonyl (C=O) groups excluding carboxylic acids is 1. The van der Waals surface area contributed by atoms with Crippen molar-refractivity contribution in [1.29, 1.82) is 0 Å². The Bertz CT molecular complexity index is 2560. The van der Waals surface area contributed by atoms with E-state index in [1.165, 1.54) is 22.8 Å². The minimum absolute atomic E-state index is 0.00696. The third kappa shape index (κ3) is 10.4. The van der Waals surface area contributed by atoms with Gasteiger partial charge in [-0.1, -0.05) is 60.8 Å². The first kappa shape index (κ1) is 44.0. The summed E-state index contributed by atoms with van der Waals surface area (Å²) in [6, 6.07) is 20.1. The number of ether oxygens (including phenoxy) is 2. The van der Waals surface area contributed by atoms with Crippen LogP contribution >= 0.6 is 23.2 Å². The summed E-state index contributed by atoms with van der Waals surface area (Å²) in [5, 5.41) is 8.48. The molecular weight excluding hydrogens is 858 g/mol. The molecule has 3 aromatic carbocycles. The van der Waals surface area contributed by atoms with Crippen molar-refractivity contribution in [3.8, 4) is 17.4 Å². The molecule has 3 aliphatic rings. The van der Waals surface area contributed by atoms with Crippen LogP contribution in [0, 0.1) is 11.3 Å². The highest BCUT2D eigenvalue weighted by Gasteiger charge is 2.31. The number of pyridine rings is 1. The maximum atomic E-state index is 14.0. The second kappa shape index (κ2) is 18.6. The molecule has 0 saturated carbocycles. The van der Waals surface area contributed by atoms with Gasteiger partial charge in [0.05, 0.1) is 40.7 Å². The average Bonchev–Trinajstić information content (AvgIpc) is 3.91. The van der Waals surface area contributed by atoms with Crippen LogP contribution in [0.3, 0.4) is 0 Å². The van der Waals surface area contributed by atoms with E-state index in [-0.39, 0.29) is 51.6 Å². The van der Waals surface area contributed by atoms with Crippen LogP contribution in [0.2, 0.25) is 10.0 Å². The zero-order valence-electron chi connectivity index (χ0n) is 34.8. The highest BCUT2D eigenvalue weighted by atomic mass is 35.5. The van der Waals surface area contributed by atoms with Gasteiger partial charge in [-0.3, -0.25) is 19.7 Å². The van der Waals surface area contributed by atoms with Crippen molar-refractivity contribution in [2.75, 3.05) is 69.6 Å². The summed E-state index contributed by atoms with van der Waals surface area (Å²) in [6.07, 6.45) is 4.25. The quantitative estimate of drug-likeness (QED) is 0.102. The number of nitrogens with zero attached hydrogens (tertiary/aromatic N) is 5. The Morgan fingerprint density at radius 1 is 0.968 bits per heavy atom. The number of ketones is 1. The highest BCUT2D eigenvalue weighted by Crippen LogP contribution is 2.43. The summed E-state index contributed by atoms with van der Waals surface area (Å²) in [7, 11) is -4.22. The van der Waals surface area contributed by atoms with Gasteiger partial charge in [-0.2, -0.15) is 5.10 Å². The fourth-order valence-corrected chi connectivity index (χ4v) is 10.3. The molecule has 2 aliphatic heterocycles. The lowest BCUT2D eigenvalue weighted by Crippen LogP contribution is -2.47. The number of halogens is 4. The van der Waals surface area contributed by atoms with Gasteiger partial charge in [0, 0.05) is 68.2 Å². The number of benzene rings is 3. The number of sulfone groups is 1. The lowest BCUT2D eigenvalue weighted by molar-refractivity contribution is 0.0961. The Balaban J connectivity index is 0.972. The SMILES string of the molecule is CC1(C)CCC(CN2CCN(c3ccc(C(=O)CS(=O)(=O)c4cnc(OC[C@@H]5CCN(CC(F)F)C5)c(Cl)c4)c(Oc4cccc5[nH]ncc45)c3)CC2)=C(c2ccc(Cl)cc2)C1. The molecule has 5 aromatic rings. The molecular formula is C46H50Cl2F2N6O5S. The second-order valence-corrected chi connectivity index (χ2v) is 20.2. The zero-order valence-corrected chi connectivity index (χ0v) is 37.1. The molecule has 11 nitrogen and oxygen atoms in total. The van der Waals surface area contributed by atoms with Gasteiger partial charge in [0.1, 0.15) is 22.3 Å². The largest absolute Gasteiger partial charge is 0.476 e. The molecule has 16 heteroatoms. The number of fused-ring (bicyclic) bond motifs is 1. The number of carbonyl (C=O) groups is 1. The average molecular weight is 908 g/mol. The standard InChI is InChI=1S/C46H50Cl2F2N6O5S/c1-46(2)14-12-32(37(22-46)31-6-8-33(47)9-7-31)26-54-16-18-56(19-17-54)34-10-11-36(43(20-34)61-42-5-3-4-40-38(42)24-52-53-40)41(57)29-62(58,59)35-21-39(48)45(51-23-35)60-28-30-13-15-55(25-30)27-44(49)50/h3-11,20-21,23-24,30,44H,12-19,22,25-29H2,1-2H3,(H,52,53)/t30-/m1/s1. The number of allylic oxidation sites excluding steroid dienone is 1. The molecule has 1 atom stereocenters. The molecule has 8 rings (SSSR count). The molecule has 0 radical (unpaired) electrons. The molecule has 1 N–H and O–H groups in total. The van der Waals surface area contributed by atoms with E-state index >= 15 is 0 Å². The van der Waals surface area contributed by atoms with Crippen molar-refractivity contribution in [1.82, 2.24) is 25.0 Å². The molecule has 0 bridgehead atoms. The maximum absolute atomic E-state index is 14.0. The van der Waals surface area contributed by atoms with E-state index in [1.54, 1.807) is 29.3 Å². The van der Waals surface area contributed by atoms with Gasteiger partial charge >= 0.3 is 0 Å². The molecule has 328 valence electrons. The third-order valence-electron chi connectivity index (χ3n) is 12.1. The van der Waals surface area contributed by atoms with Gasteiger partial charge in [-0.15, -0.1) is 0 Å². The monoisotopic (exact) mass is 906 g/mol. The number of aromatic amines is 1. The van der Waals surface area contributed by atoms with E-state index in [9.17, 15) is 22.0 Å². The lowest BCUT2D eigenvalue weighted by Gasteiger charge is -2.39. The van der Waals surface area contributed by atoms with E-state index in [0.717, 1.165) is 74.4 Å². The minimum Gasteiger partial charge on any atom is -0.476 e. The smallest absolute Gasteiger partial charge is 0.251 e. The molecule has 4 heterocycles. The van der Waals surface area contributed by atoms with Gasteiger partial charge < -0.3 is 14.4 Å². The van der Waals surface area contributed by atoms with Crippen molar-refractivity contribution in [2.45, 2.75) is 50.9 Å². The molecule has 0 unspecified atom stereocenters. The van der Waals surface area contributed by atoms with Gasteiger partial charge in [0.15, 0.2) is 15.6 Å². The van der Waals surface area contributed by atoms with Gasteiger partial charge in [0.25, 0.3) is 6.43 Å². The van der Waals surface area contributed by atoms with E-state index in [0.29, 0.717) is 30.6 Å². The van der Waals surface area contributed by atoms with Crippen LogP contribution in [0.25, 0.3) is 16.5 Å². The van der Waals surface area contributed by atoms with Crippen molar-refractivity contribution in [3.63, 3.8) is 0 Å². The lowest BCUT2D eigenvalue weighted by atomic mass is 9.72. The van der Waals surface area contributed by atoms with E-state index in [4.69, 9.17) is 32.7 Å². The van der Waals surface area contributed by atoms with Crippen LogP contribution in [0.4, 0.5) is 14.5 Å². The fraction of sp³-hybridized carbons (Fsp3) is 0.413. The summed E-state index contributed by atoms with van der Waals surface area (Å²) in [5.74, 6) is -0.804. The van der Waals surface area contributed by atoms with Gasteiger partial charge in [-0.05, 0) is 91.2 Å². The van der Waals surface area contributed by atoms with Gasteiger partial charge in [-0.25, -0.2) is 22.2 Å². The highest BCUT2D eigenvalue weighted by molar-refractivity contribution is 7.92. The van der Waals surface area contributed by atoms with E-state index < -0.39 is 27.8 Å². The number of anilines is 1. The first-order valence-electron chi connectivity index (χ1n) is 20.9. The fourth-order valence-electron chi connectivity index (χ4n) is 8.69. The first-order valence-corrected chi connectivity index (χ1v) is 23.3. The second-order valence-electron chi connectivity index (χ2n) is 17.3. The van der Waals surface area contributed by atoms with E-state index in [1.807, 2.05) is 30.3 Å². The van der Waals surface area contributed by atoms with Crippen LogP contribution in [0.5, 0.6) is 17.4 Å². The molecule has 2 fully saturated rings. The normalized spacial score (nSPS) is 18.8. The van der Waals surface area contributed by atoms with Crippen LogP contribution in [-0.4, -0.2) is 110 Å². The van der Waals surface area contributed by atoms with Crippen LogP contribution in [0.1, 0.15) is 55.5 Å². The zero-order chi connectivity index (χ0) is 43.6. The molecule has 62 heavy (non-hydrogen) atoms. The Kier molecular flexibility index (Phi) is 13.2. The summed E-state index contributed by atoms with van der Waals surface area (Å²) in [4.78, 5) is 24.4. The van der Waals surface area contributed by atoms with Crippen molar-refractivity contribution in [3.05, 3.63) is 106 Å². The third-order valence-corrected chi connectivity index (χ3v) is 14.3. The molecule has 0 amide bonds. The molecule has 0 spiro atoms. The number of hydrogen-bond acceptors (Lipinski definition) is 10. The Labute approximate surface area is 370 Å². The van der Waals surface area contributed by atoms with Crippen LogP contribution < -0.4 is 14.4 Å². The number of piperazine rings is 1. The molecule has 2 aromatic heterocycles. The Hall–Kier alpha value is -4.60. The van der Waals surface area contributed by atoms with Crippen LogP contribution in [0.15, 0.2) is 89.6 Å². The van der Waals surface area contributed by atoms with Crippen LogP contribution in [-0.2, 0) is 9.84 Å². The number of aromatic nitrogens is 3. The number of nitrogens with one attached hydrogen (secondary N) is 1. The number of alkyl halides is 2. The summed E-state index contributed by atoms with van der Waals surface area (Å²) < 4.78 is 65.3.